The van der Waals surface area contributed by atoms with E-state index in [1.807, 2.05) is 26.0 Å². The second kappa shape index (κ2) is 16.5. The first-order valence-electron chi connectivity index (χ1n) is 14.4. The molecule has 4 N–H and O–H groups in total. The summed E-state index contributed by atoms with van der Waals surface area (Å²) in [5.74, 6) is -1.57. The number of allylic oxidation sites excluding steroid dienone is 6. The van der Waals surface area contributed by atoms with E-state index in [0.29, 0.717) is 37.7 Å². The van der Waals surface area contributed by atoms with Gasteiger partial charge in [-0.3, -0.25) is 9.59 Å². The summed E-state index contributed by atoms with van der Waals surface area (Å²) in [7, 11) is 0. The molecule has 2 aliphatic rings. The number of cyclic esters (lactones) is 1. The second-order valence-corrected chi connectivity index (χ2v) is 10.3. The number of hydrogen-bond acceptors (Lipinski definition) is 7. The largest absolute Gasteiger partial charge is 0.507 e. The van der Waals surface area contributed by atoms with Crippen LogP contribution in [-0.4, -0.2) is 58.6 Å². The van der Waals surface area contributed by atoms with E-state index in [4.69, 9.17) is 9.47 Å². The number of aliphatic hydroxyl groups excluding tert-OH is 1. The van der Waals surface area contributed by atoms with Gasteiger partial charge in [-0.05, 0) is 56.6 Å². The van der Waals surface area contributed by atoms with Crippen molar-refractivity contribution < 1.29 is 34.1 Å². The van der Waals surface area contributed by atoms with Crippen LogP contribution in [0.5, 0.6) is 5.75 Å². The zero-order valence-electron chi connectivity index (χ0n) is 23.8. The summed E-state index contributed by atoms with van der Waals surface area (Å²) < 4.78 is 12.1. The molecule has 0 spiro atoms. The molecule has 41 heavy (non-hydrogen) atoms. The van der Waals surface area contributed by atoms with Gasteiger partial charge in [-0.2, -0.15) is 0 Å². The molecule has 1 saturated heterocycles. The monoisotopic (exact) mass is 566 g/mol. The van der Waals surface area contributed by atoms with Gasteiger partial charge in [0.05, 0.1) is 18.3 Å². The van der Waals surface area contributed by atoms with Crippen LogP contribution in [0.25, 0.3) is 0 Å². The quantitative estimate of drug-likeness (QED) is 0.137. The number of esters is 1. The van der Waals surface area contributed by atoms with Crippen LogP contribution in [-0.2, 0) is 25.5 Å². The third-order valence-corrected chi connectivity index (χ3v) is 6.91. The van der Waals surface area contributed by atoms with E-state index in [2.05, 4.69) is 10.6 Å². The average molecular weight is 567 g/mol. The van der Waals surface area contributed by atoms with Crippen LogP contribution in [0.4, 0.5) is 0 Å². The van der Waals surface area contributed by atoms with Crippen LogP contribution in [0.1, 0.15) is 74.7 Å². The zero-order chi connectivity index (χ0) is 29.6. The fraction of sp³-hybridized carbons (Fsp3) is 0.469. The molecule has 0 unspecified atom stereocenters. The third kappa shape index (κ3) is 10.7. The maximum Gasteiger partial charge on any atom is 0.342 e. The van der Waals surface area contributed by atoms with Gasteiger partial charge in [-0.1, -0.05) is 62.4 Å². The number of carbonyl (C=O) groups excluding carboxylic acids is 3. The second-order valence-electron chi connectivity index (χ2n) is 10.3. The Kier molecular flexibility index (Phi) is 12.8. The first-order valence-corrected chi connectivity index (χ1v) is 14.4. The van der Waals surface area contributed by atoms with E-state index < -0.39 is 24.3 Å². The molecule has 2 aliphatic heterocycles. The lowest BCUT2D eigenvalue weighted by Crippen LogP contribution is -2.47. The molecule has 0 aliphatic carbocycles. The maximum absolute atomic E-state index is 13.2. The fourth-order valence-electron chi connectivity index (χ4n) is 5.02. The summed E-state index contributed by atoms with van der Waals surface area (Å²) in [6.45, 7) is 3.98. The van der Waals surface area contributed by atoms with Crippen LogP contribution >= 0.6 is 0 Å². The molecule has 0 aromatic heterocycles. The van der Waals surface area contributed by atoms with Gasteiger partial charge in [-0.25, -0.2) is 4.79 Å². The molecule has 4 atom stereocenters. The number of carbonyl (C=O) groups is 3. The topological polar surface area (TPSA) is 134 Å². The van der Waals surface area contributed by atoms with E-state index in [9.17, 15) is 24.6 Å². The molecule has 0 saturated carbocycles. The molecule has 2 amide bonds. The number of ether oxygens (including phenoxy) is 2. The molecule has 9 nitrogen and oxygen atoms in total. The molecular weight excluding hydrogens is 524 g/mol. The number of rotatable bonds is 11. The summed E-state index contributed by atoms with van der Waals surface area (Å²) >= 11 is 0. The zero-order valence-corrected chi connectivity index (χ0v) is 23.8. The number of aliphatic hydroxyl groups is 1. The average Bonchev–Trinajstić information content (AvgIpc) is 2.91. The minimum Gasteiger partial charge on any atom is -0.507 e. The van der Waals surface area contributed by atoms with E-state index in [1.165, 1.54) is 18.2 Å². The number of phenolic OH excluding ortho intramolecular Hbond substituents is 1. The summed E-state index contributed by atoms with van der Waals surface area (Å²) in [5, 5.41) is 26.6. The van der Waals surface area contributed by atoms with Gasteiger partial charge in [0.1, 0.15) is 23.6 Å². The molecule has 1 aromatic carbocycles. The lowest BCUT2D eigenvalue weighted by Gasteiger charge is -2.36. The number of phenols is 1. The van der Waals surface area contributed by atoms with Gasteiger partial charge >= 0.3 is 5.97 Å². The summed E-state index contributed by atoms with van der Waals surface area (Å²) in [4.78, 5) is 38.4. The minimum absolute atomic E-state index is 0.0910. The first-order chi connectivity index (χ1) is 19.8. The minimum atomic E-state index is -0.741. The highest BCUT2D eigenvalue weighted by Crippen LogP contribution is 2.32. The summed E-state index contributed by atoms with van der Waals surface area (Å²) in [6.07, 6.45) is 14.6. The van der Waals surface area contributed by atoms with E-state index >= 15 is 0 Å². The Morgan fingerprint density at radius 3 is 2.24 bits per heavy atom. The number of nitrogens with one attached hydrogen (secondary N) is 2. The van der Waals surface area contributed by atoms with Crippen molar-refractivity contribution in [3.8, 4) is 5.75 Å². The molecule has 3 rings (SSSR count). The molecular formula is C32H42N2O7. The van der Waals surface area contributed by atoms with E-state index in [-0.39, 0.29) is 41.8 Å². The van der Waals surface area contributed by atoms with Crippen molar-refractivity contribution in [1.29, 1.82) is 0 Å². The normalized spacial score (nSPS) is 23.3. The maximum atomic E-state index is 13.2. The smallest absolute Gasteiger partial charge is 0.342 e. The number of hydrogen-bond donors (Lipinski definition) is 4. The highest BCUT2D eigenvalue weighted by molar-refractivity contribution is 5.94. The Bertz CT molecular complexity index is 1120. The third-order valence-electron chi connectivity index (χ3n) is 6.91. The molecule has 2 bridgehead atoms. The Morgan fingerprint density at radius 2 is 1.61 bits per heavy atom. The Hall–Kier alpha value is -3.69. The molecule has 1 fully saturated rings. The summed E-state index contributed by atoms with van der Waals surface area (Å²) in [5.41, 5.74) is 0.687. The van der Waals surface area contributed by atoms with E-state index in [0.717, 1.165) is 12.8 Å². The van der Waals surface area contributed by atoms with Crippen molar-refractivity contribution in [3.63, 3.8) is 0 Å². The van der Waals surface area contributed by atoms with Gasteiger partial charge in [0, 0.05) is 18.6 Å². The van der Waals surface area contributed by atoms with Gasteiger partial charge in [0.15, 0.2) is 0 Å². The predicted octanol–water partition coefficient (Wildman–Crippen LogP) is 4.16. The lowest BCUT2D eigenvalue weighted by molar-refractivity contribution is -0.120. The molecule has 1 aromatic rings. The van der Waals surface area contributed by atoms with Crippen LogP contribution in [0.15, 0.2) is 66.8 Å². The number of aromatic hydroxyl groups is 1. The number of fused-ring (bicyclic) bond motifs is 3. The van der Waals surface area contributed by atoms with Gasteiger partial charge in [-0.15, -0.1) is 0 Å². The molecule has 2 heterocycles. The fourth-order valence-corrected chi connectivity index (χ4v) is 5.02. The van der Waals surface area contributed by atoms with Crippen molar-refractivity contribution in [3.05, 3.63) is 77.9 Å². The van der Waals surface area contributed by atoms with Gasteiger partial charge < -0.3 is 30.3 Å². The van der Waals surface area contributed by atoms with Crippen LogP contribution < -0.4 is 10.6 Å². The highest BCUT2D eigenvalue weighted by Gasteiger charge is 2.34. The molecule has 0 radical (unpaired) electrons. The van der Waals surface area contributed by atoms with Gasteiger partial charge in [0.2, 0.25) is 11.8 Å². The first kappa shape index (κ1) is 31.8. The van der Waals surface area contributed by atoms with Crippen molar-refractivity contribution in [1.82, 2.24) is 10.6 Å². The van der Waals surface area contributed by atoms with Crippen LogP contribution in [0.3, 0.4) is 0 Å². The van der Waals surface area contributed by atoms with Gasteiger partial charge in [0.25, 0.3) is 0 Å². The summed E-state index contributed by atoms with van der Waals surface area (Å²) in [6, 6.07) is 4.85. The molecule has 222 valence electrons. The standard InChI is InChI=1S/C32H42N2O7/c1-3-5-7-9-14-29(37)33-28(34-30(38)15-10-8-6-4-2)17-16-24-21-26-20-23(35)19-25(40-26)18-22-12-11-13-27(36)31(22)32(39)41-24/h5-15,23-26,28,35-36H,3-4,16-21H2,1-2H3,(H,33,37)(H,34,38)/b7-5-,8-6-,14-9-,15-10-/t23-,24+,25+,26-/m1/s1. The van der Waals surface area contributed by atoms with Crippen molar-refractivity contribution >= 4 is 17.8 Å². The number of benzene rings is 1. The highest BCUT2D eigenvalue weighted by atomic mass is 16.5. The van der Waals surface area contributed by atoms with Crippen LogP contribution in [0.2, 0.25) is 0 Å². The predicted molar refractivity (Wildman–Crippen MR) is 156 cm³/mol. The van der Waals surface area contributed by atoms with Crippen molar-refractivity contribution in [2.75, 3.05) is 0 Å². The molecule has 9 heteroatoms. The Labute approximate surface area is 242 Å². The van der Waals surface area contributed by atoms with E-state index in [1.54, 1.807) is 36.4 Å². The number of amides is 2. The Morgan fingerprint density at radius 1 is 0.976 bits per heavy atom. The lowest BCUT2D eigenvalue weighted by atomic mass is 9.91. The Balaban J connectivity index is 1.77. The van der Waals surface area contributed by atoms with Crippen molar-refractivity contribution in [2.24, 2.45) is 0 Å². The SMILES string of the molecule is CC/C=C\C=C/C(=O)NC(CC[C@H]1C[C@H]2C[C@H](O)C[C@H](Cc3cccc(O)c3C(=O)O1)O2)NC(=O)/C=C\C=C/CC. The van der Waals surface area contributed by atoms with Crippen LogP contribution in [0, 0.1) is 0 Å². The van der Waals surface area contributed by atoms with Crippen molar-refractivity contribution in [2.45, 2.75) is 95.8 Å².